The third kappa shape index (κ3) is 4.69. The molecule has 1 fully saturated rings. The Kier molecular flexibility index (Phi) is 6.23. The zero-order valence-electron chi connectivity index (χ0n) is 19.0. The number of amides is 2. The summed E-state index contributed by atoms with van der Waals surface area (Å²) in [4.78, 5) is 40.1. The van der Waals surface area contributed by atoms with Crippen molar-refractivity contribution in [3.05, 3.63) is 52.9 Å². The number of benzene rings is 1. The highest BCUT2D eigenvalue weighted by Crippen LogP contribution is 2.36. The van der Waals surface area contributed by atoms with Crippen LogP contribution in [0.3, 0.4) is 0 Å². The predicted octanol–water partition coefficient (Wildman–Crippen LogP) is 2.91. The van der Waals surface area contributed by atoms with Gasteiger partial charge in [0, 0.05) is 18.0 Å². The number of hydrogen-bond donors (Lipinski definition) is 3. The highest BCUT2D eigenvalue weighted by molar-refractivity contribution is 9.10. The maximum Gasteiger partial charge on any atom is 0.416 e. The van der Waals surface area contributed by atoms with E-state index in [1.807, 2.05) is 0 Å². The van der Waals surface area contributed by atoms with Crippen molar-refractivity contribution < 1.29 is 22.8 Å². The lowest BCUT2D eigenvalue weighted by atomic mass is 10.1. The van der Waals surface area contributed by atoms with Crippen LogP contribution in [0.2, 0.25) is 0 Å². The fraction of sp³-hybridized carbons (Fsp3) is 0.261. The topological polar surface area (TPSA) is 145 Å². The van der Waals surface area contributed by atoms with Crippen molar-refractivity contribution in [2.75, 3.05) is 17.6 Å². The monoisotopic (exact) mass is 576 g/mol. The summed E-state index contributed by atoms with van der Waals surface area (Å²) < 4.78 is 42.2. The van der Waals surface area contributed by atoms with E-state index in [0.29, 0.717) is 15.9 Å². The molecule has 5 rings (SSSR count). The number of carbonyl (C=O) groups excluding carboxylic acids is 2. The summed E-state index contributed by atoms with van der Waals surface area (Å²) in [7, 11) is 0. The highest BCUT2D eigenvalue weighted by Gasteiger charge is 2.39. The number of nitrogen functional groups attached to an aromatic ring is 1. The van der Waals surface area contributed by atoms with Crippen LogP contribution in [0.25, 0.3) is 21.9 Å². The van der Waals surface area contributed by atoms with E-state index in [1.54, 1.807) is 18.2 Å². The molecule has 0 aliphatic carbocycles. The van der Waals surface area contributed by atoms with Gasteiger partial charge in [-0.2, -0.15) is 13.2 Å². The first-order valence-corrected chi connectivity index (χ1v) is 11.9. The second kappa shape index (κ2) is 9.27. The summed E-state index contributed by atoms with van der Waals surface area (Å²) in [6.45, 7) is -0.164. The lowest BCUT2D eigenvalue weighted by Crippen LogP contribution is -2.44. The number of fused-ring (bicyclic) bond motifs is 3. The van der Waals surface area contributed by atoms with Crippen molar-refractivity contribution in [2.45, 2.75) is 31.2 Å². The molecular weight excluding hydrogens is 557 g/mol. The number of alkyl halides is 3. The molecule has 0 unspecified atom stereocenters. The Bertz CT molecular complexity index is 1540. The lowest BCUT2D eigenvalue weighted by Gasteiger charge is -2.24. The molecule has 4 heterocycles. The number of hydrogen-bond acceptors (Lipinski definition) is 7. The molecule has 1 aromatic carbocycles. The molecule has 4 aromatic rings. The lowest BCUT2D eigenvalue weighted by molar-refractivity contribution is -0.137. The van der Waals surface area contributed by atoms with Gasteiger partial charge in [0.1, 0.15) is 40.8 Å². The maximum atomic E-state index is 13.5. The molecule has 1 aliphatic rings. The van der Waals surface area contributed by atoms with E-state index in [2.05, 4.69) is 36.2 Å². The smallest absolute Gasteiger partial charge is 0.383 e. The number of carbonyl (C=O) groups is 2. The van der Waals surface area contributed by atoms with Crippen LogP contribution >= 0.6 is 15.9 Å². The van der Waals surface area contributed by atoms with Crippen LogP contribution in [-0.2, 0) is 22.3 Å². The largest absolute Gasteiger partial charge is 0.416 e. The van der Waals surface area contributed by atoms with E-state index in [9.17, 15) is 22.8 Å². The molecule has 5 N–H and O–H groups in total. The first-order valence-electron chi connectivity index (χ1n) is 11.1. The van der Waals surface area contributed by atoms with Crippen LogP contribution in [0.15, 0.2) is 47.3 Å². The summed E-state index contributed by atoms with van der Waals surface area (Å²) in [6, 6.07) is 6.90. The van der Waals surface area contributed by atoms with Gasteiger partial charge in [-0.1, -0.05) is 6.07 Å². The first kappa shape index (κ1) is 24.9. The van der Waals surface area contributed by atoms with Gasteiger partial charge in [-0.25, -0.2) is 15.0 Å². The molecule has 3 aromatic heterocycles. The molecule has 37 heavy (non-hydrogen) atoms. The van der Waals surface area contributed by atoms with Gasteiger partial charge < -0.3 is 26.3 Å². The maximum absolute atomic E-state index is 13.5. The molecule has 1 aliphatic heterocycles. The van der Waals surface area contributed by atoms with E-state index in [0.717, 1.165) is 12.1 Å². The average Bonchev–Trinajstić information content (AvgIpc) is 3.37. The Morgan fingerprint density at radius 1 is 1.19 bits per heavy atom. The van der Waals surface area contributed by atoms with Crippen LogP contribution in [0.4, 0.5) is 24.8 Å². The summed E-state index contributed by atoms with van der Waals surface area (Å²) in [5.41, 5.74) is 11.8. The molecule has 0 bridgehead atoms. The number of halogens is 4. The van der Waals surface area contributed by atoms with Gasteiger partial charge in [-0.15, -0.1) is 0 Å². The number of anilines is 2. The fourth-order valence-electron chi connectivity index (χ4n) is 4.58. The van der Waals surface area contributed by atoms with E-state index in [1.165, 1.54) is 21.9 Å². The van der Waals surface area contributed by atoms with Gasteiger partial charge in [0.25, 0.3) is 0 Å². The molecule has 0 spiro atoms. The van der Waals surface area contributed by atoms with Crippen LogP contribution in [0.1, 0.15) is 12.0 Å². The van der Waals surface area contributed by atoms with Gasteiger partial charge in [0.2, 0.25) is 11.8 Å². The van der Waals surface area contributed by atoms with E-state index < -0.39 is 35.6 Å². The Hall–Kier alpha value is -3.78. The van der Waals surface area contributed by atoms with Crippen molar-refractivity contribution >= 4 is 61.3 Å². The SMILES string of the molecule is Nc1ncnc2c1c1cc(C(F)(F)F)ccc1n2CC(=O)N1C[C@@H](N)C[C@H]1C(=O)Nc1cccc(Br)n1. The quantitative estimate of drug-likeness (QED) is 0.317. The van der Waals surface area contributed by atoms with Gasteiger partial charge in [0.15, 0.2) is 0 Å². The number of nitrogens with two attached hydrogens (primary N) is 2. The van der Waals surface area contributed by atoms with E-state index in [-0.39, 0.29) is 41.7 Å². The van der Waals surface area contributed by atoms with Gasteiger partial charge in [-0.05, 0) is 52.7 Å². The number of nitrogens with one attached hydrogen (secondary N) is 1. The van der Waals surface area contributed by atoms with Crippen LogP contribution < -0.4 is 16.8 Å². The van der Waals surface area contributed by atoms with Crippen molar-refractivity contribution in [3.63, 3.8) is 0 Å². The van der Waals surface area contributed by atoms with Crippen molar-refractivity contribution in [1.82, 2.24) is 24.4 Å². The second-order valence-corrected chi connectivity index (χ2v) is 9.48. The minimum Gasteiger partial charge on any atom is -0.383 e. The van der Waals surface area contributed by atoms with Crippen LogP contribution in [0.5, 0.6) is 0 Å². The zero-order valence-corrected chi connectivity index (χ0v) is 20.6. The van der Waals surface area contributed by atoms with Crippen molar-refractivity contribution in [3.8, 4) is 0 Å². The Morgan fingerprint density at radius 3 is 2.70 bits per heavy atom. The fourth-order valence-corrected chi connectivity index (χ4v) is 4.92. The number of pyridine rings is 1. The molecule has 1 saturated heterocycles. The Morgan fingerprint density at radius 2 is 1.97 bits per heavy atom. The Balaban J connectivity index is 1.48. The molecule has 192 valence electrons. The molecule has 0 radical (unpaired) electrons. The second-order valence-electron chi connectivity index (χ2n) is 8.67. The summed E-state index contributed by atoms with van der Waals surface area (Å²) >= 11 is 3.24. The highest BCUT2D eigenvalue weighted by atomic mass is 79.9. The van der Waals surface area contributed by atoms with Gasteiger partial charge in [-0.3, -0.25) is 9.59 Å². The van der Waals surface area contributed by atoms with Gasteiger partial charge in [0.05, 0.1) is 16.5 Å². The number of likely N-dealkylation sites (tertiary alicyclic amines) is 1. The Labute approximate surface area is 216 Å². The van der Waals surface area contributed by atoms with Crippen LogP contribution in [-0.4, -0.2) is 54.9 Å². The zero-order chi connectivity index (χ0) is 26.5. The molecule has 2 atom stereocenters. The average molecular weight is 577 g/mol. The number of aromatic nitrogens is 4. The molecule has 0 saturated carbocycles. The third-order valence-corrected chi connectivity index (χ3v) is 6.65. The standard InChI is InChI=1S/C23H20BrF3N8O2/c24-16-2-1-3-17(32-16)33-22(37)15-7-12(28)8-34(15)18(36)9-35-14-5-4-11(23(25,26)27)6-13(14)19-20(29)30-10-31-21(19)35/h1-6,10,12,15H,7-9,28H2,(H2,29,30,31)(H,32,33,37)/t12-,15-/m0/s1. The van der Waals surface area contributed by atoms with Crippen LogP contribution in [0, 0.1) is 0 Å². The minimum atomic E-state index is -4.57. The minimum absolute atomic E-state index is 0.0116. The van der Waals surface area contributed by atoms with E-state index in [4.69, 9.17) is 11.5 Å². The molecule has 2 amide bonds. The molecule has 14 heteroatoms. The molecule has 10 nitrogen and oxygen atoms in total. The summed E-state index contributed by atoms with van der Waals surface area (Å²) in [6.07, 6.45) is -3.16. The normalized spacial score (nSPS) is 18.0. The van der Waals surface area contributed by atoms with E-state index >= 15 is 0 Å². The predicted molar refractivity (Wildman–Crippen MR) is 133 cm³/mol. The summed E-state index contributed by atoms with van der Waals surface area (Å²) in [5.74, 6) is -0.605. The third-order valence-electron chi connectivity index (χ3n) is 6.21. The van der Waals surface area contributed by atoms with Crippen molar-refractivity contribution in [1.29, 1.82) is 0 Å². The number of nitrogens with zero attached hydrogens (tertiary/aromatic N) is 5. The summed E-state index contributed by atoms with van der Waals surface area (Å²) in [5, 5.41) is 3.08. The van der Waals surface area contributed by atoms with Crippen molar-refractivity contribution in [2.24, 2.45) is 5.73 Å². The number of rotatable bonds is 4. The van der Waals surface area contributed by atoms with Gasteiger partial charge >= 0.3 is 6.18 Å². The molecular formula is C23H20BrF3N8O2. The first-order chi connectivity index (χ1) is 17.5.